The Morgan fingerprint density at radius 1 is 0.677 bits per heavy atom. The Kier molecular flexibility index (Phi) is 6.28. The van der Waals surface area contributed by atoms with Crippen molar-refractivity contribution in [2.45, 2.75) is 31.7 Å². The average Bonchev–Trinajstić information content (AvgIpc) is 2.78. The average molecular weight is 435 g/mol. The first-order valence-electron chi connectivity index (χ1n) is 10.8. The second kappa shape index (κ2) is 8.95. The Labute approximate surface area is 186 Å². The van der Waals surface area contributed by atoms with Gasteiger partial charge in [-0.2, -0.15) is 4.31 Å². The van der Waals surface area contributed by atoms with Gasteiger partial charge in [0, 0.05) is 26.2 Å². The maximum Gasteiger partial charge on any atom is 0.243 e. The van der Waals surface area contributed by atoms with Crippen molar-refractivity contribution in [2.24, 2.45) is 0 Å². The maximum absolute atomic E-state index is 13.4. The lowest BCUT2D eigenvalue weighted by Gasteiger charge is -2.39. The van der Waals surface area contributed by atoms with Crippen molar-refractivity contribution in [3.05, 3.63) is 101 Å². The predicted octanol–water partition coefficient (Wildman–Crippen LogP) is 4.71. The molecule has 0 aliphatic carbocycles. The molecule has 0 radical (unpaired) electrons. The van der Waals surface area contributed by atoms with Gasteiger partial charge in [-0.05, 0) is 54.7 Å². The molecule has 3 aromatic carbocycles. The van der Waals surface area contributed by atoms with Crippen LogP contribution in [-0.2, 0) is 10.0 Å². The fraction of sp³-hybridized carbons (Fsp3) is 0.308. The van der Waals surface area contributed by atoms with E-state index in [2.05, 4.69) is 53.4 Å². The first-order chi connectivity index (χ1) is 14.9. The van der Waals surface area contributed by atoms with Gasteiger partial charge in [-0.3, -0.25) is 4.90 Å². The fourth-order valence-corrected chi connectivity index (χ4v) is 6.15. The number of hydrogen-bond donors (Lipinski definition) is 0. The summed E-state index contributed by atoms with van der Waals surface area (Å²) in [6.07, 6.45) is 0. The molecule has 5 heteroatoms. The summed E-state index contributed by atoms with van der Waals surface area (Å²) in [4.78, 5) is 2.83. The zero-order valence-corrected chi connectivity index (χ0v) is 19.3. The van der Waals surface area contributed by atoms with Gasteiger partial charge in [0.25, 0.3) is 0 Å². The lowest BCUT2D eigenvalue weighted by atomic mass is 9.96. The molecule has 0 unspecified atom stereocenters. The van der Waals surface area contributed by atoms with Crippen molar-refractivity contribution < 1.29 is 8.42 Å². The molecule has 31 heavy (non-hydrogen) atoms. The van der Waals surface area contributed by atoms with Crippen LogP contribution in [0.2, 0.25) is 0 Å². The fourth-order valence-electron chi connectivity index (χ4n) is 4.44. The van der Waals surface area contributed by atoms with Gasteiger partial charge < -0.3 is 0 Å². The van der Waals surface area contributed by atoms with Crippen LogP contribution < -0.4 is 0 Å². The minimum atomic E-state index is -3.50. The molecule has 1 aliphatic rings. The van der Waals surface area contributed by atoms with Gasteiger partial charge in [0.2, 0.25) is 10.0 Å². The molecule has 0 aromatic heterocycles. The van der Waals surface area contributed by atoms with Crippen LogP contribution in [-0.4, -0.2) is 43.8 Å². The Morgan fingerprint density at radius 3 is 1.68 bits per heavy atom. The predicted molar refractivity (Wildman–Crippen MR) is 126 cm³/mol. The van der Waals surface area contributed by atoms with Crippen LogP contribution in [0, 0.1) is 20.8 Å². The van der Waals surface area contributed by atoms with Gasteiger partial charge in [0.15, 0.2) is 0 Å². The van der Waals surface area contributed by atoms with E-state index in [0.717, 1.165) is 16.7 Å². The number of hydrogen-bond acceptors (Lipinski definition) is 3. The summed E-state index contributed by atoms with van der Waals surface area (Å²) < 4.78 is 28.4. The van der Waals surface area contributed by atoms with E-state index in [0.29, 0.717) is 31.1 Å². The molecule has 1 aliphatic heterocycles. The highest BCUT2D eigenvalue weighted by molar-refractivity contribution is 7.89. The number of sulfonamides is 1. The van der Waals surface area contributed by atoms with Crippen molar-refractivity contribution in [1.82, 2.24) is 9.21 Å². The molecule has 1 saturated heterocycles. The summed E-state index contributed by atoms with van der Waals surface area (Å²) in [6.45, 7) is 8.24. The molecule has 1 heterocycles. The number of nitrogens with zero attached hydrogens (tertiary/aromatic N) is 2. The normalized spacial score (nSPS) is 16.0. The van der Waals surface area contributed by atoms with Crippen molar-refractivity contribution in [3.63, 3.8) is 0 Å². The summed E-state index contributed by atoms with van der Waals surface area (Å²) >= 11 is 0. The minimum absolute atomic E-state index is 0.121. The molecule has 0 amide bonds. The van der Waals surface area contributed by atoms with Crippen LogP contribution in [0.25, 0.3) is 0 Å². The Balaban J connectivity index is 1.58. The third-order valence-corrected chi connectivity index (χ3v) is 8.32. The van der Waals surface area contributed by atoms with Crippen LogP contribution >= 0.6 is 0 Å². The van der Waals surface area contributed by atoms with Gasteiger partial charge in [-0.15, -0.1) is 0 Å². The van der Waals surface area contributed by atoms with Gasteiger partial charge in [-0.1, -0.05) is 66.7 Å². The molecule has 1 fully saturated rings. The van der Waals surface area contributed by atoms with E-state index in [1.165, 1.54) is 11.1 Å². The summed E-state index contributed by atoms with van der Waals surface area (Å²) in [5.74, 6) is 0. The molecule has 0 saturated carbocycles. The van der Waals surface area contributed by atoms with E-state index in [9.17, 15) is 8.42 Å². The van der Waals surface area contributed by atoms with Gasteiger partial charge in [-0.25, -0.2) is 8.42 Å². The maximum atomic E-state index is 13.4. The second-order valence-electron chi connectivity index (χ2n) is 8.37. The first-order valence-corrected chi connectivity index (χ1v) is 12.2. The first kappa shape index (κ1) is 21.8. The summed E-state index contributed by atoms with van der Waals surface area (Å²) in [5, 5.41) is 0. The van der Waals surface area contributed by atoms with E-state index in [1.807, 2.05) is 45.0 Å². The Morgan fingerprint density at radius 2 is 1.16 bits per heavy atom. The number of piperazine rings is 1. The number of rotatable bonds is 5. The smallest absolute Gasteiger partial charge is 0.243 e. The summed E-state index contributed by atoms with van der Waals surface area (Å²) in [5.41, 5.74) is 5.41. The van der Waals surface area contributed by atoms with Crippen LogP contribution in [0.3, 0.4) is 0 Å². The zero-order chi connectivity index (χ0) is 22.0. The number of aryl methyl sites for hydroxylation is 3. The quantitative estimate of drug-likeness (QED) is 0.584. The molecule has 0 bridgehead atoms. The zero-order valence-electron chi connectivity index (χ0n) is 18.5. The number of benzene rings is 3. The van der Waals surface area contributed by atoms with Gasteiger partial charge >= 0.3 is 0 Å². The Hall–Kier alpha value is -2.47. The van der Waals surface area contributed by atoms with Gasteiger partial charge in [0.1, 0.15) is 0 Å². The molecule has 162 valence electrons. The standard InChI is InChI=1S/C26H30N2O2S/c1-20-18-22(3)25(19-21(20)2)31(29,30)28-16-14-27(15-17-28)26(23-10-6-4-7-11-23)24-12-8-5-9-13-24/h4-13,18-19,26H,14-17H2,1-3H3. The molecule has 3 aromatic rings. The Bertz CT molecular complexity index is 1100. The van der Waals surface area contributed by atoms with E-state index in [-0.39, 0.29) is 6.04 Å². The monoisotopic (exact) mass is 434 g/mol. The van der Waals surface area contributed by atoms with Crippen molar-refractivity contribution >= 4 is 10.0 Å². The largest absolute Gasteiger partial charge is 0.290 e. The SMILES string of the molecule is Cc1cc(C)c(S(=O)(=O)N2CCN(C(c3ccccc3)c3ccccc3)CC2)cc1C. The molecule has 0 spiro atoms. The third-order valence-electron chi connectivity index (χ3n) is 6.28. The van der Waals surface area contributed by atoms with E-state index >= 15 is 0 Å². The third kappa shape index (κ3) is 4.45. The van der Waals surface area contributed by atoms with Crippen LogP contribution in [0.15, 0.2) is 77.7 Å². The minimum Gasteiger partial charge on any atom is -0.290 e. The highest BCUT2D eigenvalue weighted by Crippen LogP contribution is 2.31. The summed E-state index contributed by atoms with van der Waals surface area (Å²) in [6, 6.07) is 24.8. The topological polar surface area (TPSA) is 40.6 Å². The molecular weight excluding hydrogens is 404 g/mol. The van der Waals surface area contributed by atoms with E-state index < -0.39 is 10.0 Å². The highest BCUT2D eigenvalue weighted by atomic mass is 32.2. The lowest BCUT2D eigenvalue weighted by Crippen LogP contribution is -2.49. The van der Waals surface area contributed by atoms with Crippen molar-refractivity contribution in [1.29, 1.82) is 0 Å². The highest BCUT2D eigenvalue weighted by Gasteiger charge is 2.33. The van der Waals surface area contributed by atoms with Gasteiger partial charge in [0.05, 0.1) is 10.9 Å². The van der Waals surface area contributed by atoms with Crippen LogP contribution in [0.5, 0.6) is 0 Å². The van der Waals surface area contributed by atoms with Crippen LogP contribution in [0.1, 0.15) is 33.9 Å². The molecule has 4 nitrogen and oxygen atoms in total. The lowest BCUT2D eigenvalue weighted by molar-refractivity contribution is 0.156. The molecule has 0 atom stereocenters. The van der Waals surface area contributed by atoms with E-state index in [1.54, 1.807) is 4.31 Å². The van der Waals surface area contributed by atoms with Crippen molar-refractivity contribution in [2.75, 3.05) is 26.2 Å². The summed E-state index contributed by atoms with van der Waals surface area (Å²) in [7, 11) is -3.50. The second-order valence-corrected chi connectivity index (χ2v) is 10.3. The molecular formula is C26H30N2O2S. The van der Waals surface area contributed by atoms with Crippen LogP contribution in [0.4, 0.5) is 0 Å². The molecule has 0 N–H and O–H groups in total. The van der Waals surface area contributed by atoms with E-state index in [4.69, 9.17) is 0 Å². The van der Waals surface area contributed by atoms with Crippen molar-refractivity contribution in [3.8, 4) is 0 Å². The molecule has 4 rings (SSSR count).